The molecule has 6 heteroatoms. The summed E-state index contributed by atoms with van der Waals surface area (Å²) >= 11 is 0. The van der Waals surface area contributed by atoms with E-state index < -0.39 is 0 Å². The number of hydrogen-bond donors (Lipinski definition) is 1. The minimum absolute atomic E-state index is 0.191. The molecular weight excluding hydrogens is 256 g/mol. The number of ether oxygens (including phenoxy) is 2. The van der Waals surface area contributed by atoms with Crippen LogP contribution in [0.25, 0.3) is 0 Å². The van der Waals surface area contributed by atoms with Crippen molar-refractivity contribution in [1.82, 2.24) is 20.0 Å². The van der Waals surface area contributed by atoms with E-state index in [1.807, 2.05) is 0 Å². The highest BCUT2D eigenvalue weighted by Crippen LogP contribution is 2.11. The maximum atomic E-state index is 5.68. The lowest BCUT2D eigenvalue weighted by Crippen LogP contribution is -2.38. The number of nitrogens with one attached hydrogen (secondary N) is 1. The highest BCUT2D eigenvalue weighted by atomic mass is 16.6. The number of hydrogen-bond acceptors (Lipinski definition) is 5. The fourth-order valence-electron chi connectivity index (χ4n) is 2.83. The molecule has 2 aliphatic rings. The van der Waals surface area contributed by atoms with Crippen LogP contribution in [0.1, 0.15) is 17.8 Å². The third kappa shape index (κ3) is 3.58. The first-order chi connectivity index (χ1) is 9.81. The Morgan fingerprint density at radius 1 is 1.50 bits per heavy atom. The van der Waals surface area contributed by atoms with Crippen molar-refractivity contribution in [3.8, 4) is 0 Å². The van der Waals surface area contributed by atoms with Crippen molar-refractivity contribution in [2.24, 2.45) is 0 Å². The molecule has 0 radical (unpaired) electrons. The Balaban J connectivity index is 1.54. The minimum atomic E-state index is 0.191. The number of rotatable bonds is 4. The zero-order chi connectivity index (χ0) is 13.8. The van der Waals surface area contributed by atoms with Crippen molar-refractivity contribution in [2.45, 2.75) is 32.2 Å². The number of aryl methyl sites for hydroxylation is 1. The number of aromatic nitrogens is 2. The van der Waals surface area contributed by atoms with Gasteiger partial charge >= 0.3 is 0 Å². The van der Waals surface area contributed by atoms with Crippen LogP contribution >= 0.6 is 0 Å². The molecule has 1 saturated heterocycles. The predicted molar refractivity (Wildman–Crippen MR) is 75.4 cm³/mol. The SMILES string of the molecule is CN(Cc1cc2n(n1)CCCNC2)CC1COCCO1. The van der Waals surface area contributed by atoms with Gasteiger partial charge in [-0.3, -0.25) is 9.58 Å². The van der Waals surface area contributed by atoms with E-state index in [0.717, 1.165) is 51.4 Å². The van der Waals surface area contributed by atoms with Crippen LogP contribution in [0.2, 0.25) is 0 Å². The third-order valence-corrected chi connectivity index (χ3v) is 3.78. The molecule has 0 aromatic carbocycles. The van der Waals surface area contributed by atoms with Gasteiger partial charge in [-0.2, -0.15) is 5.10 Å². The van der Waals surface area contributed by atoms with E-state index in [-0.39, 0.29) is 6.10 Å². The Morgan fingerprint density at radius 3 is 3.30 bits per heavy atom. The highest BCUT2D eigenvalue weighted by molar-refractivity contribution is 5.11. The summed E-state index contributed by atoms with van der Waals surface area (Å²) in [5.74, 6) is 0. The van der Waals surface area contributed by atoms with Crippen molar-refractivity contribution in [1.29, 1.82) is 0 Å². The van der Waals surface area contributed by atoms with Gasteiger partial charge in [-0.1, -0.05) is 0 Å². The molecule has 112 valence electrons. The molecule has 1 atom stereocenters. The van der Waals surface area contributed by atoms with Crippen molar-refractivity contribution in [2.75, 3.05) is 40.0 Å². The highest BCUT2D eigenvalue weighted by Gasteiger charge is 2.18. The lowest BCUT2D eigenvalue weighted by molar-refractivity contribution is -0.0963. The molecular formula is C14H24N4O2. The van der Waals surface area contributed by atoms with Crippen LogP contribution in [0, 0.1) is 0 Å². The first-order valence-corrected chi connectivity index (χ1v) is 7.45. The van der Waals surface area contributed by atoms with Gasteiger partial charge in [0.25, 0.3) is 0 Å². The van der Waals surface area contributed by atoms with Crippen LogP contribution in [0.15, 0.2) is 6.07 Å². The average Bonchev–Trinajstić information content (AvgIpc) is 2.68. The van der Waals surface area contributed by atoms with Crippen molar-refractivity contribution in [3.63, 3.8) is 0 Å². The van der Waals surface area contributed by atoms with Gasteiger partial charge in [0.1, 0.15) is 0 Å². The largest absolute Gasteiger partial charge is 0.376 e. The molecule has 3 heterocycles. The summed E-state index contributed by atoms with van der Waals surface area (Å²) in [5, 5.41) is 8.13. The second-order valence-corrected chi connectivity index (χ2v) is 5.64. The summed E-state index contributed by atoms with van der Waals surface area (Å²) in [6.07, 6.45) is 1.34. The van der Waals surface area contributed by atoms with Crippen LogP contribution in [0.4, 0.5) is 0 Å². The van der Waals surface area contributed by atoms with Gasteiger partial charge in [-0.05, 0) is 26.1 Å². The molecule has 0 saturated carbocycles. The van der Waals surface area contributed by atoms with Crippen LogP contribution in [0.3, 0.4) is 0 Å². The van der Waals surface area contributed by atoms with Gasteiger partial charge in [0.15, 0.2) is 0 Å². The Hall–Kier alpha value is -0.950. The van der Waals surface area contributed by atoms with Crippen LogP contribution in [-0.2, 0) is 29.1 Å². The summed E-state index contributed by atoms with van der Waals surface area (Å²) in [6.45, 7) is 6.91. The molecule has 1 N–H and O–H groups in total. The van der Waals surface area contributed by atoms with E-state index in [0.29, 0.717) is 13.2 Å². The maximum Gasteiger partial charge on any atom is 0.0936 e. The van der Waals surface area contributed by atoms with Gasteiger partial charge in [0.05, 0.1) is 37.3 Å². The minimum Gasteiger partial charge on any atom is -0.376 e. The Labute approximate surface area is 120 Å². The van der Waals surface area contributed by atoms with E-state index in [9.17, 15) is 0 Å². The van der Waals surface area contributed by atoms with Gasteiger partial charge in [0, 0.05) is 26.2 Å². The molecule has 3 rings (SSSR count). The molecule has 2 aliphatic heterocycles. The van der Waals surface area contributed by atoms with E-state index in [2.05, 4.69) is 28.0 Å². The lowest BCUT2D eigenvalue weighted by atomic mass is 10.3. The summed E-state index contributed by atoms with van der Waals surface area (Å²) in [5.41, 5.74) is 2.44. The molecule has 1 aromatic rings. The molecule has 0 spiro atoms. The number of likely N-dealkylation sites (N-methyl/N-ethyl adjacent to an activating group) is 1. The first-order valence-electron chi connectivity index (χ1n) is 7.45. The fourth-order valence-corrected chi connectivity index (χ4v) is 2.83. The third-order valence-electron chi connectivity index (χ3n) is 3.78. The van der Waals surface area contributed by atoms with Crippen LogP contribution in [-0.4, -0.2) is 60.7 Å². The van der Waals surface area contributed by atoms with Gasteiger partial charge in [-0.25, -0.2) is 0 Å². The average molecular weight is 280 g/mol. The maximum absolute atomic E-state index is 5.68. The monoisotopic (exact) mass is 280 g/mol. The van der Waals surface area contributed by atoms with E-state index in [1.54, 1.807) is 0 Å². The molecule has 1 unspecified atom stereocenters. The van der Waals surface area contributed by atoms with E-state index in [4.69, 9.17) is 14.6 Å². The standard InChI is InChI=1S/C14H24N4O2/c1-17(10-14-11-19-5-6-20-14)9-12-7-13-8-15-3-2-4-18(13)16-12/h7,14-15H,2-6,8-11H2,1H3. The molecule has 1 fully saturated rings. The summed E-state index contributed by atoms with van der Waals surface area (Å²) in [4.78, 5) is 2.26. The predicted octanol–water partition coefficient (Wildman–Crippen LogP) is 0.224. The number of nitrogens with zero attached hydrogens (tertiary/aromatic N) is 3. The summed E-state index contributed by atoms with van der Waals surface area (Å²) < 4.78 is 13.3. The van der Waals surface area contributed by atoms with Crippen molar-refractivity contribution in [3.05, 3.63) is 17.5 Å². The molecule has 0 bridgehead atoms. The molecule has 6 nitrogen and oxygen atoms in total. The van der Waals surface area contributed by atoms with Crippen LogP contribution < -0.4 is 5.32 Å². The second kappa shape index (κ2) is 6.67. The normalized spacial score (nSPS) is 23.6. The van der Waals surface area contributed by atoms with Gasteiger partial charge in [0.2, 0.25) is 0 Å². The molecule has 1 aromatic heterocycles. The number of fused-ring (bicyclic) bond motifs is 1. The molecule has 20 heavy (non-hydrogen) atoms. The topological polar surface area (TPSA) is 51.6 Å². The zero-order valence-corrected chi connectivity index (χ0v) is 12.2. The quantitative estimate of drug-likeness (QED) is 0.855. The van der Waals surface area contributed by atoms with Crippen molar-refractivity contribution >= 4 is 0 Å². The van der Waals surface area contributed by atoms with Crippen LogP contribution in [0.5, 0.6) is 0 Å². The lowest BCUT2D eigenvalue weighted by Gasteiger charge is -2.27. The summed E-state index contributed by atoms with van der Waals surface area (Å²) in [7, 11) is 2.11. The second-order valence-electron chi connectivity index (χ2n) is 5.64. The fraction of sp³-hybridized carbons (Fsp3) is 0.786. The zero-order valence-electron chi connectivity index (χ0n) is 12.2. The van der Waals surface area contributed by atoms with E-state index in [1.165, 1.54) is 5.69 Å². The summed E-state index contributed by atoms with van der Waals surface area (Å²) in [6, 6.07) is 2.22. The van der Waals surface area contributed by atoms with Crippen molar-refractivity contribution < 1.29 is 9.47 Å². The molecule has 0 aliphatic carbocycles. The Kier molecular flexibility index (Phi) is 4.67. The van der Waals surface area contributed by atoms with E-state index >= 15 is 0 Å². The smallest absolute Gasteiger partial charge is 0.0936 e. The Bertz CT molecular complexity index is 405. The first kappa shape index (κ1) is 14.0. The Morgan fingerprint density at radius 2 is 2.45 bits per heavy atom. The van der Waals surface area contributed by atoms with Gasteiger partial charge < -0.3 is 14.8 Å². The van der Waals surface area contributed by atoms with Gasteiger partial charge in [-0.15, -0.1) is 0 Å². The molecule has 0 amide bonds.